The Bertz CT molecular complexity index is 523. The molecule has 0 bridgehead atoms. The van der Waals surface area contributed by atoms with Crippen LogP contribution in [0.4, 0.5) is 4.39 Å². The summed E-state index contributed by atoms with van der Waals surface area (Å²) in [5, 5.41) is 8.98. The molecule has 0 aliphatic rings. The minimum absolute atomic E-state index is 0.206. The smallest absolute Gasteiger partial charge is 0.130 e. The third-order valence-corrected chi connectivity index (χ3v) is 2.44. The standard InChI is InChI=1S/C14H13FO2/c1-10-4-2-3-5-14(10)17-13-7-11(9-16)6-12(15)8-13/h2-8,16H,9H2,1H3. The third-order valence-electron chi connectivity index (χ3n) is 2.44. The van der Waals surface area contributed by atoms with E-state index in [1.54, 1.807) is 6.07 Å². The summed E-state index contributed by atoms with van der Waals surface area (Å²) in [5.74, 6) is 0.658. The van der Waals surface area contributed by atoms with Crippen LogP contribution in [0.2, 0.25) is 0 Å². The molecule has 0 radical (unpaired) electrons. The SMILES string of the molecule is Cc1ccccc1Oc1cc(F)cc(CO)c1. The first kappa shape index (κ1) is 11.6. The molecule has 0 aromatic heterocycles. The number of hydrogen-bond acceptors (Lipinski definition) is 2. The Hall–Kier alpha value is -1.87. The van der Waals surface area contributed by atoms with Crippen LogP contribution in [0.15, 0.2) is 42.5 Å². The Morgan fingerprint density at radius 3 is 2.65 bits per heavy atom. The highest BCUT2D eigenvalue weighted by Gasteiger charge is 2.04. The summed E-state index contributed by atoms with van der Waals surface area (Å²) in [4.78, 5) is 0. The highest BCUT2D eigenvalue weighted by Crippen LogP contribution is 2.26. The molecule has 2 aromatic carbocycles. The number of aryl methyl sites for hydroxylation is 1. The van der Waals surface area contributed by atoms with Crippen molar-refractivity contribution >= 4 is 0 Å². The number of benzene rings is 2. The molecular formula is C14H13FO2. The van der Waals surface area contributed by atoms with Gasteiger partial charge in [-0.25, -0.2) is 4.39 Å². The molecular weight excluding hydrogens is 219 g/mol. The first-order valence-electron chi connectivity index (χ1n) is 5.33. The molecule has 3 heteroatoms. The van der Waals surface area contributed by atoms with Gasteiger partial charge in [-0.05, 0) is 36.2 Å². The number of para-hydroxylation sites is 1. The van der Waals surface area contributed by atoms with Crippen molar-refractivity contribution in [3.05, 3.63) is 59.4 Å². The molecule has 0 atom stereocenters. The molecule has 0 saturated heterocycles. The molecule has 0 amide bonds. The third kappa shape index (κ3) is 2.82. The van der Waals surface area contributed by atoms with Crippen LogP contribution in [0.3, 0.4) is 0 Å². The first-order chi connectivity index (χ1) is 8.19. The van der Waals surface area contributed by atoms with Gasteiger partial charge < -0.3 is 9.84 Å². The average Bonchev–Trinajstić information content (AvgIpc) is 2.31. The van der Waals surface area contributed by atoms with E-state index in [4.69, 9.17) is 9.84 Å². The van der Waals surface area contributed by atoms with E-state index in [0.29, 0.717) is 17.1 Å². The summed E-state index contributed by atoms with van der Waals surface area (Å²) in [6, 6.07) is 11.7. The fourth-order valence-electron chi connectivity index (χ4n) is 1.57. The van der Waals surface area contributed by atoms with Crippen LogP contribution in [0.1, 0.15) is 11.1 Å². The molecule has 2 rings (SSSR count). The van der Waals surface area contributed by atoms with Gasteiger partial charge in [0, 0.05) is 6.07 Å². The highest BCUT2D eigenvalue weighted by molar-refractivity contribution is 5.38. The van der Waals surface area contributed by atoms with Crippen LogP contribution in [0, 0.1) is 12.7 Å². The lowest BCUT2D eigenvalue weighted by Crippen LogP contribution is -1.91. The van der Waals surface area contributed by atoms with Crippen LogP contribution >= 0.6 is 0 Å². The zero-order valence-electron chi connectivity index (χ0n) is 9.48. The van der Waals surface area contributed by atoms with Crippen molar-refractivity contribution in [1.82, 2.24) is 0 Å². The minimum Gasteiger partial charge on any atom is -0.457 e. The predicted molar refractivity (Wildman–Crippen MR) is 63.6 cm³/mol. The van der Waals surface area contributed by atoms with Crippen molar-refractivity contribution in [3.63, 3.8) is 0 Å². The topological polar surface area (TPSA) is 29.5 Å². The first-order valence-corrected chi connectivity index (χ1v) is 5.33. The predicted octanol–water partition coefficient (Wildman–Crippen LogP) is 3.42. The van der Waals surface area contributed by atoms with Crippen LogP contribution < -0.4 is 4.74 Å². The monoisotopic (exact) mass is 232 g/mol. The summed E-state index contributed by atoms with van der Waals surface area (Å²) in [6.45, 7) is 1.71. The summed E-state index contributed by atoms with van der Waals surface area (Å²) in [5.41, 5.74) is 1.47. The van der Waals surface area contributed by atoms with Gasteiger partial charge >= 0.3 is 0 Å². The fraction of sp³-hybridized carbons (Fsp3) is 0.143. The molecule has 0 aliphatic heterocycles. The highest BCUT2D eigenvalue weighted by atomic mass is 19.1. The Balaban J connectivity index is 2.30. The van der Waals surface area contributed by atoms with E-state index in [1.807, 2.05) is 31.2 Å². The van der Waals surface area contributed by atoms with Gasteiger partial charge in [-0.2, -0.15) is 0 Å². The van der Waals surface area contributed by atoms with Crippen LogP contribution in [-0.4, -0.2) is 5.11 Å². The maximum absolute atomic E-state index is 13.2. The maximum atomic E-state index is 13.2. The molecule has 0 heterocycles. The molecule has 1 N–H and O–H groups in total. The largest absolute Gasteiger partial charge is 0.457 e. The second kappa shape index (κ2) is 4.97. The van der Waals surface area contributed by atoms with Gasteiger partial charge in [0.2, 0.25) is 0 Å². The van der Waals surface area contributed by atoms with E-state index in [-0.39, 0.29) is 6.61 Å². The Morgan fingerprint density at radius 1 is 1.18 bits per heavy atom. The van der Waals surface area contributed by atoms with Gasteiger partial charge in [-0.15, -0.1) is 0 Å². The van der Waals surface area contributed by atoms with Crippen LogP contribution in [-0.2, 0) is 6.61 Å². The van der Waals surface area contributed by atoms with Crippen molar-refractivity contribution < 1.29 is 14.2 Å². The van der Waals surface area contributed by atoms with Crippen molar-refractivity contribution in [2.24, 2.45) is 0 Å². The molecule has 2 nitrogen and oxygen atoms in total. The lowest BCUT2D eigenvalue weighted by atomic mass is 10.2. The molecule has 2 aromatic rings. The fourth-order valence-corrected chi connectivity index (χ4v) is 1.57. The minimum atomic E-state index is -0.417. The van der Waals surface area contributed by atoms with Gasteiger partial charge in [0.1, 0.15) is 17.3 Å². The van der Waals surface area contributed by atoms with E-state index < -0.39 is 5.82 Å². The summed E-state index contributed by atoms with van der Waals surface area (Å²) >= 11 is 0. The number of hydrogen-bond donors (Lipinski definition) is 1. The molecule has 88 valence electrons. The molecule has 17 heavy (non-hydrogen) atoms. The lowest BCUT2D eigenvalue weighted by molar-refractivity contribution is 0.280. The number of aliphatic hydroxyl groups is 1. The summed E-state index contributed by atoms with van der Waals surface area (Å²) in [7, 11) is 0. The van der Waals surface area contributed by atoms with E-state index in [0.717, 1.165) is 5.56 Å². The maximum Gasteiger partial charge on any atom is 0.130 e. The molecule has 0 unspecified atom stereocenters. The Labute approximate surface area is 99.3 Å². The van der Waals surface area contributed by atoms with E-state index >= 15 is 0 Å². The second-order valence-corrected chi connectivity index (χ2v) is 3.82. The normalized spacial score (nSPS) is 10.3. The number of aliphatic hydroxyl groups excluding tert-OH is 1. The number of rotatable bonds is 3. The second-order valence-electron chi connectivity index (χ2n) is 3.82. The molecule has 0 spiro atoms. The van der Waals surface area contributed by atoms with Crippen LogP contribution in [0.25, 0.3) is 0 Å². The van der Waals surface area contributed by atoms with E-state index in [2.05, 4.69) is 0 Å². The van der Waals surface area contributed by atoms with E-state index in [1.165, 1.54) is 12.1 Å². The molecule has 0 fully saturated rings. The summed E-state index contributed by atoms with van der Waals surface area (Å²) in [6.07, 6.45) is 0. The Kier molecular flexibility index (Phi) is 3.40. The van der Waals surface area contributed by atoms with Crippen molar-refractivity contribution in [2.45, 2.75) is 13.5 Å². The zero-order chi connectivity index (χ0) is 12.3. The Morgan fingerprint density at radius 2 is 1.94 bits per heavy atom. The van der Waals surface area contributed by atoms with Crippen molar-refractivity contribution in [3.8, 4) is 11.5 Å². The zero-order valence-corrected chi connectivity index (χ0v) is 9.48. The summed E-state index contributed by atoms with van der Waals surface area (Å²) < 4.78 is 18.8. The molecule has 0 aliphatic carbocycles. The molecule has 0 saturated carbocycles. The van der Waals surface area contributed by atoms with Crippen molar-refractivity contribution in [1.29, 1.82) is 0 Å². The van der Waals surface area contributed by atoms with E-state index in [9.17, 15) is 4.39 Å². The van der Waals surface area contributed by atoms with Crippen molar-refractivity contribution in [2.75, 3.05) is 0 Å². The number of halogens is 1. The average molecular weight is 232 g/mol. The van der Waals surface area contributed by atoms with Gasteiger partial charge in [0.25, 0.3) is 0 Å². The number of ether oxygens (including phenoxy) is 1. The van der Waals surface area contributed by atoms with Gasteiger partial charge in [0.05, 0.1) is 6.61 Å². The van der Waals surface area contributed by atoms with Crippen LogP contribution in [0.5, 0.6) is 11.5 Å². The quantitative estimate of drug-likeness (QED) is 0.878. The van der Waals surface area contributed by atoms with Gasteiger partial charge in [0.15, 0.2) is 0 Å². The van der Waals surface area contributed by atoms with Gasteiger partial charge in [-0.1, -0.05) is 18.2 Å². The van der Waals surface area contributed by atoms with Gasteiger partial charge in [-0.3, -0.25) is 0 Å². The lowest BCUT2D eigenvalue weighted by Gasteiger charge is -2.09.